The molecule has 0 fully saturated rings. The topological polar surface area (TPSA) is 60.2 Å². The number of aromatic nitrogens is 3. The van der Waals surface area contributed by atoms with Crippen molar-refractivity contribution in [2.24, 2.45) is 0 Å². The van der Waals surface area contributed by atoms with Gasteiger partial charge in [0.15, 0.2) is 0 Å². The highest BCUT2D eigenvalue weighted by molar-refractivity contribution is 7.20. The summed E-state index contributed by atoms with van der Waals surface area (Å²) < 4.78 is 7.68. The van der Waals surface area contributed by atoms with Crippen LogP contribution in [0.15, 0.2) is 24.3 Å². The monoisotopic (exact) mass is 309 g/mol. The number of aliphatic hydroxyl groups is 1. The van der Waals surface area contributed by atoms with E-state index in [1.54, 1.807) is 11.8 Å². The lowest BCUT2D eigenvalue weighted by Crippen LogP contribution is -1.97. The Balaban J connectivity index is 2.13. The fourth-order valence-corrected chi connectivity index (χ4v) is 3.22. The van der Waals surface area contributed by atoms with Crippen LogP contribution in [0.3, 0.4) is 0 Å². The van der Waals surface area contributed by atoms with Crippen LogP contribution in [0, 0.1) is 0 Å². The van der Waals surface area contributed by atoms with Crippen molar-refractivity contribution in [1.82, 2.24) is 14.8 Å². The Labute approximate surface area is 124 Å². The molecule has 7 heteroatoms. The van der Waals surface area contributed by atoms with Crippen LogP contribution in [-0.2, 0) is 18.0 Å². The fourth-order valence-electron chi connectivity index (χ4n) is 1.96. The lowest BCUT2D eigenvalue weighted by Gasteiger charge is -1.96. The Morgan fingerprint density at radius 1 is 1.40 bits per heavy atom. The number of benzene rings is 1. The first-order valence-corrected chi connectivity index (χ1v) is 7.16. The second-order valence-electron chi connectivity index (χ2n) is 4.18. The number of aliphatic hydroxyl groups excluding tert-OH is 1. The van der Waals surface area contributed by atoms with Crippen LogP contribution in [0.4, 0.5) is 0 Å². The molecule has 0 aliphatic carbocycles. The van der Waals surface area contributed by atoms with E-state index in [1.165, 1.54) is 11.3 Å². The van der Waals surface area contributed by atoms with Crippen molar-refractivity contribution in [3.63, 3.8) is 0 Å². The zero-order valence-electron chi connectivity index (χ0n) is 10.7. The van der Waals surface area contributed by atoms with E-state index >= 15 is 0 Å². The molecule has 0 aliphatic rings. The molecule has 0 bridgehead atoms. The van der Waals surface area contributed by atoms with Gasteiger partial charge in [-0.2, -0.15) is 9.78 Å². The Hall–Kier alpha value is -1.47. The molecule has 0 atom stereocenters. The van der Waals surface area contributed by atoms with E-state index < -0.39 is 0 Å². The smallest absolute Gasteiger partial charge is 0.212 e. The number of hydrogen-bond acceptors (Lipinski definition) is 5. The van der Waals surface area contributed by atoms with Gasteiger partial charge in [-0.1, -0.05) is 35.1 Å². The van der Waals surface area contributed by atoms with Crippen molar-refractivity contribution in [3.05, 3.63) is 40.7 Å². The summed E-state index contributed by atoms with van der Waals surface area (Å²) in [7, 11) is 1.58. The molecule has 5 nitrogen and oxygen atoms in total. The van der Waals surface area contributed by atoms with E-state index in [9.17, 15) is 5.11 Å². The molecular formula is C13H12ClN3O2S. The minimum absolute atomic E-state index is 0.178. The number of para-hydroxylation sites is 1. The predicted octanol–water partition coefficient (Wildman–Crippen LogP) is 2.77. The molecule has 2 aromatic heterocycles. The summed E-state index contributed by atoms with van der Waals surface area (Å²) in [4.78, 5) is 4.50. The Kier molecular flexibility index (Phi) is 3.71. The maximum Gasteiger partial charge on any atom is 0.212 e. The maximum absolute atomic E-state index is 9.42. The maximum atomic E-state index is 9.42. The summed E-state index contributed by atoms with van der Waals surface area (Å²) in [6, 6.07) is 7.84. The van der Waals surface area contributed by atoms with Crippen molar-refractivity contribution in [2.75, 3.05) is 7.11 Å². The summed E-state index contributed by atoms with van der Waals surface area (Å²) in [5.74, 6) is 0. The van der Waals surface area contributed by atoms with Gasteiger partial charge in [-0.25, -0.2) is 4.98 Å². The molecule has 0 radical (unpaired) electrons. The van der Waals surface area contributed by atoms with Gasteiger partial charge in [0.2, 0.25) is 5.13 Å². The first-order chi connectivity index (χ1) is 9.74. The third-order valence-electron chi connectivity index (χ3n) is 2.91. The molecule has 0 unspecified atom stereocenters. The van der Waals surface area contributed by atoms with E-state index in [-0.39, 0.29) is 6.61 Å². The van der Waals surface area contributed by atoms with Crippen LogP contribution in [0.5, 0.6) is 0 Å². The Bertz CT molecular complexity index is 720. The van der Waals surface area contributed by atoms with Crippen molar-refractivity contribution >= 4 is 33.2 Å². The van der Waals surface area contributed by atoms with Gasteiger partial charge in [0, 0.05) is 12.7 Å². The molecule has 0 spiro atoms. The first kappa shape index (κ1) is 13.5. The zero-order chi connectivity index (χ0) is 14.1. The highest BCUT2D eigenvalue weighted by Gasteiger charge is 2.18. The highest BCUT2D eigenvalue weighted by atomic mass is 35.5. The van der Waals surface area contributed by atoms with E-state index in [2.05, 4.69) is 10.1 Å². The van der Waals surface area contributed by atoms with Crippen LogP contribution in [0.2, 0.25) is 5.15 Å². The van der Waals surface area contributed by atoms with Crippen LogP contribution >= 0.6 is 22.9 Å². The van der Waals surface area contributed by atoms with E-state index in [1.807, 2.05) is 24.3 Å². The lowest BCUT2D eigenvalue weighted by molar-refractivity contribution is 0.178. The molecule has 0 saturated carbocycles. The van der Waals surface area contributed by atoms with E-state index in [0.29, 0.717) is 28.1 Å². The van der Waals surface area contributed by atoms with Crippen molar-refractivity contribution in [1.29, 1.82) is 0 Å². The van der Waals surface area contributed by atoms with Gasteiger partial charge in [0.25, 0.3) is 0 Å². The molecule has 104 valence electrons. The molecule has 3 rings (SSSR count). The van der Waals surface area contributed by atoms with Crippen LogP contribution in [0.25, 0.3) is 15.3 Å². The quantitative estimate of drug-likeness (QED) is 0.805. The number of ether oxygens (including phenoxy) is 1. The number of nitrogens with zero attached hydrogens (tertiary/aromatic N) is 3. The van der Waals surface area contributed by atoms with Gasteiger partial charge in [0.1, 0.15) is 5.15 Å². The van der Waals surface area contributed by atoms with Gasteiger partial charge in [0.05, 0.1) is 29.1 Å². The zero-order valence-corrected chi connectivity index (χ0v) is 12.3. The first-order valence-electron chi connectivity index (χ1n) is 5.96. The average molecular weight is 310 g/mol. The molecule has 1 aromatic carbocycles. The molecule has 0 saturated heterocycles. The summed E-state index contributed by atoms with van der Waals surface area (Å²) in [5.41, 5.74) is 2.10. The normalized spacial score (nSPS) is 11.3. The fraction of sp³-hybridized carbons (Fsp3) is 0.231. The van der Waals surface area contributed by atoms with Crippen molar-refractivity contribution < 1.29 is 9.84 Å². The third kappa shape index (κ3) is 2.20. The van der Waals surface area contributed by atoms with Gasteiger partial charge in [-0.15, -0.1) is 0 Å². The lowest BCUT2D eigenvalue weighted by atomic mass is 10.3. The minimum atomic E-state index is -0.178. The van der Waals surface area contributed by atoms with E-state index in [4.69, 9.17) is 16.3 Å². The minimum Gasteiger partial charge on any atom is -0.391 e. The van der Waals surface area contributed by atoms with Gasteiger partial charge >= 0.3 is 0 Å². The molecule has 0 aliphatic heterocycles. The summed E-state index contributed by atoms with van der Waals surface area (Å²) in [6.45, 7) is 0.121. The van der Waals surface area contributed by atoms with Crippen LogP contribution in [0.1, 0.15) is 11.3 Å². The van der Waals surface area contributed by atoms with Gasteiger partial charge < -0.3 is 9.84 Å². The SMILES string of the molecule is COCc1nn(-c2nc3ccccc3s2)c(Cl)c1CO. The number of methoxy groups -OCH3 is 1. The second-order valence-corrected chi connectivity index (χ2v) is 5.55. The summed E-state index contributed by atoms with van der Waals surface area (Å²) in [6.07, 6.45) is 0. The number of hydrogen-bond donors (Lipinski definition) is 1. The van der Waals surface area contributed by atoms with Crippen LogP contribution < -0.4 is 0 Å². The highest BCUT2D eigenvalue weighted by Crippen LogP contribution is 2.29. The largest absolute Gasteiger partial charge is 0.391 e. The Morgan fingerprint density at radius 3 is 2.90 bits per heavy atom. The van der Waals surface area contributed by atoms with Crippen molar-refractivity contribution in [2.45, 2.75) is 13.2 Å². The van der Waals surface area contributed by atoms with E-state index in [0.717, 1.165) is 10.2 Å². The number of fused-ring (bicyclic) bond motifs is 1. The van der Waals surface area contributed by atoms with Gasteiger partial charge in [-0.3, -0.25) is 0 Å². The standard InChI is InChI=1S/C13H12ClN3O2S/c1-19-7-10-8(6-18)12(14)17(16-10)13-15-9-4-2-3-5-11(9)20-13/h2-5,18H,6-7H2,1H3. The third-order valence-corrected chi connectivity index (χ3v) is 4.31. The molecule has 20 heavy (non-hydrogen) atoms. The predicted molar refractivity (Wildman–Crippen MR) is 78.4 cm³/mol. The summed E-state index contributed by atoms with van der Waals surface area (Å²) >= 11 is 7.78. The summed E-state index contributed by atoms with van der Waals surface area (Å²) in [5, 5.41) is 14.8. The second kappa shape index (κ2) is 5.49. The Morgan fingerprint density at radius 2 is 2.20 bits per heavy atom. The van der Waals surface area contributed by atoms with Crippen molar-refractivity contribution in [3.8, 4) is 5.13 Å². The number of rotatable bonds is 4. The number of thiazole rings is 1. The molecule has 0 amide bonds. The molecule has 1 N–H and O–H groups in total. The van der Waals surface area contributed by atoms with Gasteiger partial charge in [-0.05, 0) is 12.1 Å². The molecule has 3 aromatic rings. The molecular weight excluding hydrogens is 298 g/mol. The van der Waals surface area contributed by atoms with Crippen LogP contribution in [-0.4, -0.2) is 27.0 Å². The average Bonchev–Trinajstić information content (AvgIpc) is 3.00. The number of halogens is 1. The molecule has 2 heterocycles.